The molecule has 0 radical (unpaired) electrons. The van der Waals surface area contributed by atoms with E-state index >= 15 is 0 Å². The van der Waals surface area contributed by atoms with Gasteiger partial charge in [-0.3, -0.25) is 15.0 Å². The van der Waals surface area contributed by atoms with E-state index in [-0.39, 0.29) is 26.5 Å². The molecule has 3 rings (SSSR count). The van der Waals surface area contributed by atoms with E-state index in [0.29, 0.717) is 11.3 Å². The summed E-state index contributed by atoms with van der Waals surface area (Å²) in [4.78, 5) is 25.1. The fourth-order valence-corrected chi connectivity index (χ4v) is 3.73. The number of rotatable bonds is 7. The van der Waals surface area contributed by atoms with Crippen LogP contribution in [0.3, 0.4) is 0 Å². The first kappa shape index (κ1) is 22.4. The van der Waals surface area contributed by atoms with Crippen LogP contribution in [0.25, 0.3) is 6.08 Å². The summed E-state index contributed by atoms with van der Waals surface area (Å²) in [7, 11) is 2.78. The molecule has 0 bridgehead atoms. The van der Waals surface area contributed by atoms with E-state index in [1.165, 1.54) is 56.7 Å². The molecule has 2 aromatic rings. The predicted octanol–water partition coefficient (Wildman–Crippen LogP) is 2.86. The number of halogens is 1. The van der Waals surface area contributed by atoms with E-state index in [0.717, 1.165) is 16.8 Å². The number of hydrogen-bond acceptors (Lipinski definition) is 8. The zero-order valence-electron chi connectivity index (χ0n) is 16.4. The predicted molar refractivity (Wildman–Crippen MR) is 116 cm³/mol. The Morgan fingerprint density at radius 1 is 1.23 bits per heavy atom. The molecule has 1 aliphatic heterocycles. The Labute approximate surface area is 186 Å². The van der Waals surface area contributed by atoms with Crippen molar-refractivity contribution in [2.24, 2.45) is 0 Å². The summed E-state index contributed by atoms with van der Waals surface area (Å²) in [6.45, 7) is -0.395. The van der Waals surface area contributed by atoms with Gasteiger partial charge in [-0.25, -0.2) is 4.39 Å². The molecular weight excluding hydrogens is 447 g/mol. The number of amides is 2. The molecule has 11 heteroatoms. The van der Waals surface area contributed by atoms with Crippen LogP contribution in [0.1, 0.15) is 5.56 Å². The number of hydrogen-bond donors (Lipinski definition) is 2. The lowest BCUT2D eigenvalue weighted by molar-refractivity contribution is -0.134. The molecule has 1 fully saturated rings. The number of thiocarbonyl (C=S) groups is 1. The van der Waals surface area contributed by atoms with Gasteiger partial charge in [-0.1, -0.05) is 11.8 Å². The number of carbonyl (C=O) groups is 2. The second kappa shape index (κ2) is 9.67. The summed E-state index contributed by atoms with van der Waals surface area (Å²) in [5, 5.41) is 10.9. The number of thioether (sulfide) groups is 1. The number of phenols is 1. The molecule has 0 unspecified atom stereocenters. The third-order valence-electron chi connectivity index (χ3n) is 4.01. The van der Waals surface area contributed by atoms with Crippen molar-refractivity contribution in [1.82, 2.24) is 10.4 Å². The van der Waals surface area contributed by atoms with Crippen molar-refractivity contribution < 1.29 is 33.3 Å². The average molecular weight is 464 g/mol. The number of phenolic OH excluding ortho intramolecular Hbond substituents is 1. The molecule has 0 spiro atoms. The van der Waals surface area contributed by atoms with Crippen LogP contribution in [0.4, 0.5) is 4.39 Å². The monoisotopic (exact) mass is 464 g/mol. The highest BCUT2D eigenvalue weighted by Gasteiger charge is 2.33. The van der Waals surface area contributed by atoms with Gasteiger partial charge in [0.25, 0.3) is 11.8 Å². The van der Waals surface area contributed by atoms with Crippen molar-refractivity contribution in [3.8, 4) is 23.0 Å². The van der Waals surface area contributed by atoms with Gasteiger partial charge in [-0.15, -0.1) is 0 Å². The van der Waals surface area contributed by atoms with Gasteiger partial charge >= 0.3 is 0 Å². The van der Waals surface area contributed by atoms with Crippen molar-refractivity contribution in [3.05, 3.63) is 52.7 Å². The van der Waals surface area contributed by atoms with E-state index in [1.807, 2.05) is 0 Å². The molecule has 1 heterocycles. The van der Waals surface area contributed by atoms with Crippen LogP contribution in [0.2, 0.25) is 0 Å². The van der Waals surface area contributed by atoms with E-state index in [9.17, 15) is 19.1 Å². The van der Waals surface area contributed by atoms with Crippen LogP contribution < -0.4 is 19.6 Å². The highest BCUT2D eigenvalue weighted by molar-refractivity contribution is 8.26. The Morgan fingerprint density at radius 2 is 1.84 bits per heavy atom. The fourth-order valence-electron chi connectivity index (χ4n) is 2.55. The van der Waals surface area contributed by atoms with E-state index in [2.05, 4.69) is 5.43 Å². The zero-order valence-corrected chi connectivity index (χ0v) is 18.0. The molecule has 8 nitrogen and oxygen atoms in total. The van der Waals surface area contributed by atoms with Crippen molar-refractivity contribution >= 4 is 46.2 Å². The number of benzene rings is 2. The first-order chi connectivity index (χ1) is 14.8. The molecule has 162 valence electrons. The van der Waals surface area contributed by atoms with Gasteiger partial charge in [0.05, 0.1) is 19.1 Å². The summed E-state index contributed by atoms with van der Waals surface area (Å²) < 4.78 is 28.5. The smallest absolute Gasteiger partial charge is 0.285 e. The first-order valence-corrected chi connectivity index (χ1v) is 9.95. The summed E-state index contributed by atoms with van der Waals surface area (Å²) in [6.07, 6.45) is 1.53. The number of methoxy groups -OCH3 is 2. The Hall–Kier alpha value is -3.31. The Morgan fingerprint density at radius 3 is 2.42 bits per heavy atom. The van der Waals surface area contributed by atoms with E-state index in [4.69, 9.17) is 26.4 Å². The summed E-state index contributed by atoms with van der Waals surface area (Å²) in [5.74, 6) is -1.09. The number of nitrogens with one attached hydrogen (secondary N) is 1. The van der Waals surface area contributed by atoms with E-state index < -0.39 is 24.2 Å². The standard InChI is InChI=1S/C20H17FN2O6S2/c1-27-14-7-11(8-15(28-2)18(14)25)9-16-19(26)23(20(30)31-16)22-17(24)10-29-13-5-3-12(21)4-6-13/h3-9,25H,10H2,1-2H3,(H,22,24)/b16-9-. The highest BCUT2D eigenvalue weighted by Crippen LogP contribution is 2.39. The SMILES string of the molecule is COc1cc(/C=C2\SC(=S)N(NC(=O)COc3ccc(F)cc3)C2=O)cc(OC)c1O. The third-order valence-corrected chi connectivity index (χ3v) is 5.32. The maximum Gasteiger partial charge on any atom is 0.285 e. The topological polar surface area (TPSA) is 97.3 Å². The van der Waals surface area contributed by atoms with Crippen molar-refractivity contribution in [2.75, 3.05) is 20.8 Å². The number of ether oxygens (including phenoxy) is 3. The molecule has 1 aliphatic rings. The molecular formula is C20H17FN2O6S2. The van der Waals surface area contributed by atoms with E-state index in [1.54, 1.807) is 0 Å². The maximum absolute atomic E-state index is 12.9. The van der Waals surface area contributed by atoms with Gasteiger partial charge in [0.2, 0.25) is 5.75 Å². The summed E-state index contributed by atoms with van der Waals surface area (Å²) in [6, 6.07) is 8.22. The summed E-state index contributed by atoms with van der Waals surface area (Å²) >= 11 is 6.17. The lowest BCUT2D eigenvalue weighted by atomic mass is 10.1. The molecule has 0 aromatic heterocycles. The quantitative estimate of drug-likeness (QED) is 0.477. The van der Waals surface area contributed by atoms with Crippen LogP contribution in [0, 0.1) is 5.82 Å². The van der Waals surface area contributed by atoms with Crippen LogP contribution in [-0.2, 0) is 9.59 Å². The number of nitrogens with zero attached hydrogens (tertiary/aromatic N) is 1. The molecule has 2 amide bonds. The minimum Gasteiger partial charge on any atom is -0.502 e. The van der Waals surface area contributed by atoms with Gasteiger partial charge in [0.1, 0.15) is 11.6 Å². The van der Waals surface area contributed by atoms with Crippen molar-refractivity contribution in [1.29, 1.82) is 0 Å². The zero-order chi connectivity index (χ0) is 22.5. The summed E-state index contributed by atoms with van der Waals surface area (Å²) in [5.41, 5.74) is 2.91. The number of carbonyl (C=O) groups excluding carboxylic acids is 2. The molecule has 1 saturated heterocycles. The van der Waals surface area contributed by atoms with Crippen LogP contribution in [-0.4, -0.2) is 47.1 Å². The first-order valence-electron chi connectivity index (χ1n) is 8.73. The number of hydrazine groups is 1. The Bertz CT molecular complexity index is 1030. The minimum absolute atomic E-state index is 0.129. The average Bonchev–Trinajstić information content (AvgIpc) is 3.01. The third kappa shape index (κ3) is 5.25. The van der Waals surface area contributed by atoms with Crippen molar-refractivity contribution in [3.63, 3.8) is 0 Å². The molecule has 2 aromatic carbocycles. The molecule has 0 saturated carbocycles. The normalized spacial score (nSPS) is 14.7. The van der Waals surface area contributed by atoms with Crippen LogP contribution in [0.15, 0.2) is 41.3 Å². The second-order valence-electron chi connectivity index (χ2n) is 6.07. The van der Waals surface area contributed by atoms with Gasteiger partial charge in [0.15, 0.2) is 22.4 Å². The molecule has 31 heavy (non-hydrogen) atoms. The molecule has 0 aliphatic carbocycles. The van der Waals surface area contributed by atoms with Crippen LogP contribution in [0.5, 0.6) is 23.0 Å². The lowest BCUT2D eigenvalue weighted by Gasteiger charge is -2.15. The molecule has 2 N–H and O–H groups in total. The van der Waals surface area contributed by atoms with Gasteiger partial charge in [0, 0.05) is 0 Å². The van der Waals surface area contributed by atoms with Crippen LogP contribution >= 0.6 is 24.0 Å². The highest BCUT2D eigenvalue weighted by atomic mass is 32.2. The fraction of sp³-hybridized carbons (Fsp3) is 0.150. The largest absolute Gasteiger partial charge is 0.502 e. The van der Waals surface area contributed by atoms with Gasteiger partial charge in [-0.2, -0.15) is 5.01 Å². The maximum atomic E-state index is 12.9. The minimum atomic E-state index is -0.616. The molecule has 0 atom stereocenters. The lowest BCUT2D eigenvalue weighted by Crippen LogP contribution is -2.46. The van der Waals surface area contributed by atoms with Gasteiger partial charge in [-0.05, 0) is 60.3 Å². The second-order valence-corrected chi connectivity index (χ2v) is 7.74. The Kier molecular flexibility index (Phi) is 6.98. The number of aromatic hydroxyl groups is 1. The Balaban J connectivity index is 1.69. The van der Waals surface area contributed by atoms with Gasteiger partial charge < -0.3 is 19.3 Å². The van der Waals surface area contributed by atoms with Crippen molar-refractivity contribution in [2.45, 2.75) is 0 Å².